The average molecular weight is 697 g/mol. The first kappa shape index (κ1) is 36.2. The number of allylic oxidation sites excluding steroid dienone is 4. The number of nitrogens with two attached hydrogens (primary N) is 1. The number of amides is 1. The molecule has 1 aromatic rings. The maximum absolute atomic E-state index is 17.6. The summed E-state index contributed by atoms with van der Waals surface area (Å²) in [5, 5.41) is 14.4. The van der Waals surface area contributed by atoms with Crippen molar-refractivity contribution in [3.05, 3.63) is 41.5 Å². The number of hydrogen-bond donors (Lipinski definition) is 3. The highest BCUT2D eigenvalue weighted by atomic mass is 19.1. The lowest BCUT2D eigenvalue weighted by molar-refractivity contribution is -0.309. The van der Waals surface area contributed by atoms with Crippen molar-refractivity contribution in [2.24, 2.45) is 40.2 Å². The van der Waals surface area contributed by atoms with Gasteiger partial charge in [-0.15, -0.1) is 0 Å². The largest absolute Gasteiger partial charge is 0.497 e. The van der Waals surface area contributed by atoms with Gasteiger partial charge in [0.1, 0.15) is 22.7 Å². The molecule has 1 heterocycles. The zero-order valence-corrected chi connectivity index (χ0v) is 29.8. The van der Waals surface area contributed by atoms with Gasteiger partial charge in [-0.2, -0.15) is 0 Å². The summed E-state index contributed by atoms with van der Waals surface area (Å²) in [5.41, 5.74) is 1.30. The number of ketones is 2. The molecule has 12 heteroatoms. The number of fused-ring (bicyclic) bond motifs is 4. The summed E-state index contributed by atoms with van der Waals surface area (Å²) in [5.74, 6) is -3.09. The van der Waals surface area contributed by atoms with E-state index in [0.717, 1.165) is 0 Å². The zero-order chi connectivity index (χ0) is 36.6. The molecule has 1 unspecified atom stereocenters. The van der Waals surface area contributed by atoms with Crippen molar-refractivity contribution in [2.45, 2.75) is 96.7 Å². The van der Waals surface area contributed by atoms with Crippen molar-refractivity contribution >= 4 is 29.1 Å². The summed E-state index contributed by atoms with van der Waals surface area (Å²) < 4.78 is 40.8. The third-order valence-corrected chi connectivity index (χ3v) is 12.4. The zero-order valence-electron chi connectivity index (χ0n) is 29.8. The molecule has 1 aromatic carbocycles. The van der Waals surface area contributed by atoms with E-state index < -0.39 is 64.4 Å². The maximum Gasteiger partial charge on any atom is 0.344 e. The first-order valence-corrected chi connectivity index (χ1v) is 17.6. The fourth-order valence-corrected chi connectivity index (χ4v) is 9.86. The molecule has 6 rings (SSSR count). The van der Waals surface area contributed by atoms with Crippen LogP contribution in [0.25, 0.3) is 0 Å². The van der Waals surface area contributed by atoms with E-state index in [9.17, 15) is 24.3 Å². The first-order valence-electron chi connectivity index (χ1n) is 17.6. The van der Waals surface area contributed by atoms with Gasteiger partial charge in [-0.25, -0.2) is 9.18 Å². The van der Waals surface area contributed by atoms with Crippen molar-refractivity contribution in [3.8, 4) is 11.5 Å². The second-order valence-electron chi connectivity index (χ2n) is 15.6. The van der Waals surface area contributed by atoms with Crippen LogP contribution in [-0.4, -0.2) is 78.4 Å². The lowest BCUT2D eigenvalue weighted by Gasteiger charge is -2.67. The minimum atomic E-state index is -2.04. The number of halogens is 1. The highest BCUT2D eigenvalue weighted by Gasteiger charge is 2.81. The number of anilines is 1. The number of aliphatic hydroxyl groups excluding tert-OH is 1. The Morgan fingerprint density at radius 1 is 1.18 bits per heavy atom. The summed E-state index contributed by atoms with van der Waals surface area (Å²) in [7, 11) is 1.44. The fourth-order valence-electron chi connectivity index (χ4n) is 9.86. The molecule has 9 atom stereocenters. The average Bonchev–Trinajstić information content (AvgIpc) is 3.20. The minimum Gasteiger partial charge on any atom is -0.497 e. The lowest BCUT2D eigenvalue weighted by atomic mass is 9.43. The predicted molar refractivity (Wildman–Crippen MR) is 181 cm³/mol. The standard InChI is InChI=1S/C38H49FN2O9/c1-19(2)32(40)33(45)41-27-14-24(47-7)15-28(50-20(3)4)31(27)34(46)48-17-30(44)38-21(5)12-26-25-9-8-22-13-23(42)10-11-35(22,6)37(25,39)29(43)16-36(26,38)18-49-38/h10-11,13-15,19-21,25-26,29,32,43H,8-9,12,16-18,40H2,1-7H3,(H,41,45)/t21-,25+,26?,29+,32+,35+,36-,37+,38+/m1/s1. The first-order chi connectivity index (χ1) is 23.5. The van der Waals surface area contributed by atoms with Gasteiger partial charge in [0.2, 0.25) is 11.7 Å². The molecule has 0 aromatic heterocycles. The van der Waals surface area contributed by atoms with Gasteiger partial charge in [0.05, 0.1) is 37.7 Å². The summed E-state index contributed by atoms with van der Waals surface area (Å²) in [4.78, 5) is 53.4. The van der Waals surface area contributed by atoms with Crippen molar-refractivity contribution in [1.29, 1.82) is 0 Å². The molecule has 3 saturated carbocycles. The molecule has 1 amide bonds. The second-order valence-corrected chi connectivity index (χ2v) is 15.6. The summed E-state index contributed by atoms with van der Waals surface area (Å²) in [6.45, 7) is 10.3. The van der Waals surface area contributed by atoms with Gasteiger partial charge in [0.15, 0.2) is 18.1 Å². The maximum atomic E-state index is 17.6. The van der Waals surface area contributed by atoms with E-state index in [1.165, 1.54) is 31.4 Å². The number of aliphatic hydroxyl groups is 1. The van der Waals surface area contributed by atoms with Crippen LogP contribution < -0.4 is 20.5 Å². The third kappa shape index (κ3) is 5.07. The summed E-state index contributed by atoms with van der Waals surface area (Å²) in [6, 6.07) is 2.08. The van der Waals surface area contributed by atoms with Crippen molar-refractivity contribution in [2.75, 3.05) is 25.6 Å². The van der Waals surface area contributed by atoms with Crippen LogP contribution in [0.2, 0.25) is 0 Å². The molecular weight excluding hydrogens is 647 g/mol. The summed E-state index contributed by atoms with van der Waals surface area (Å²) >= 11 is 0. The molecular formula is C38H49FN2O9. The predicted octanol–water partition coefficient (Wildman–Crippen LogP) is 4.50. The highest BCUT2D eigenvalue weighted by Crippen LogP contribution is 2.74. The Morgan fingerprint density at radius 2 is 1.90 bits per heavy atom. The van der Waals surface area contributed by atoms with Gasteiger partial charge in [-0.1, -0.05) is 32.4 Å². The molecule has 1 saturated heterocycles. The molecule has 4 aliphatic carbocycles. The Balaban J connectivity index is 1.28. The Bertz CT molecular complexity index is 1670. The number of nitrogens with one attached hydrogen (secondary N) is 1. The number of carbonyl (C=O) groups excluding carboxylic acids is 4. The molecule has 0 radical (unpaired) electrons. The van der Waals surface area contributed by atoms with Gasteiger partial charge < -0.3 is 35.1 Å². The van der Waals surface area contributed by atoms with E-state index in [1.54, 1.807) is 40.7 Å². The minimum absolute atomic E-state index is 0.00348. The normalized spacial score (nSPS) is 35.9. The van der Waals surface area contributed by atoms with E-state index in [-0.39, 0.29) is 59.7 Å². The molecule has 11 nitrogen and oxygen atoms in total. The van der Waals surface area contributed by atoms with Gasteiger partial charge in [0.25, 0.3) is 0 Å². The number of Topliss-reactive ketones (excluding diaryl/α,β-unsaturated/α-hetero) is 1. The van der Waals surface area contributed by atoms with Crippen molar-refractivity contribution in [3.63, 3.8) is 0 Å². The lowest BCUT2D eigenvalue weighted by Crippen LogP contribution is -2.76. The van der Waals surface area contributed by atoms with Crippen molar-refractivity contribution < 1.29 is 47.6 Å². The van der Waals surface area contributed by atoms with Gasteiger partial charge in [0, 0.05) is 28.9 Å². The van der Waals surface area contributed by atoms with Crippen LogP contribution in [0.4, 0.5) is 10.1 Å². The second kappa shape index (κ2) is 12.6. The number of benzene rings is 1. The molecule has 4 fully saturated rings. The van der Waals surface area contributed by atoms with E-state index >= 15 is 4.39 Å². The third-order valence-electron chi connectivity index (χ3n) is 12.4. The van der Waals surface area contributed by atoms with Crippen molar-refractivity contribution in [1.82, 2.24) is 0 Å². The molecule has 50 heavy (non-hydrogen) atoms. The summed E-state index contributed by atoms with van der Waals surface area (Å²) in [6.07, 6.45) is 4.14. The smallest absolute Gasteiger partial charge is 0.344 e. The fraction of sp³-hybridized carbons (Fsp3) is 0.632. The molecule has 1 aliphatic heterocycles. The Kier molecular flexibility index (Phi) is 9.09. The molecule has 5 aliphatic rings. The van der Waals surface area contributed by atoms with Crippen LogP contribution in [0.15, 0.2) is 35.9 Å². The van der Waals surface area contributed by atoms with E-state index in [2.05, 4.69) is 5.32 Å². The highest BCUT2D eigenvalue weighted by molar-refractivity contribution is 6.06. The number of methoxy groups -OCH3 is 1. The number of esters is 1. The molecule has 0 bridgehead atoms. The Labute approximate surface area is 292 Å². The SMILES string of the molecule is COc1cc(NC(=O)[C@@H](N)C(C)C)c(C(=O)OCC(=O)[C@]23OC[C@@]24C[C@H](O)[C@@]2(F)[C@@H](CCC5=CC(=O)C=C[C@@]52C)C4C[C@H]3C)c(OC(C)C)c1. The number of alkyl halides is 1. The van der Waals surface area contributed by atoms with Crippen LogP contribution in [-0.2, 0) is 23.9 Å². The van der Waals surface area contributed by atoms with Crippen LogP contribution in [0, 0.1) is 34.5 Å². The number of carbonyl (C=O) groups is 4. The van der Waals surface area contributed by atoms with E-state index in [1.807, 2.05) is 6.92 Å². The molecule has 272 valence electrons. The quantitative estimate of drug-likeness (QED) is 0.297. The van der Waals surface area contributed by atoms with E-state index in [4.69, 9.17) is 24.7 Å². The number of hydrogen-bond acceptors (Lipinski definition) is 10. The van der Waals surface area contributed by atoms with Gasteiger partial charge in [-0.05, 0) is 76.4 Å². The number of rotatable bonds is 10. The van der Waals surface area contributed by atoms with Crippen LogP contribution in [0.1, 0.15) is 77.6 Å². The van der Waals surface area contributed by atoms with E-state index in [0.29, 0.717) is 30.6 Å². The Morgan fingerprint density at radius 3 is 2.52 bits per heavy atom. The number of ether oxygens (including phenoxy) is 4. The van der Waals surface area contributed by atoms with Crippen LogP contribution >= 0.6 is 0 Å². The topological polar surface area (TPSA) is 163 Å². The molecule has 1 spiro atoms. The van der Waals surface area contributed by atoms with Gasteiger partial charge >= 0.3 is 5.97 Å². The van der Waals surface area contributed by atoms with Crippen LogP contribution in [0.5, 0.6) is 11.5 Å². The van der Waals surface area contributed by atoms with Gasteiger partial charge in [-0.3, -0.25) is 14.4 Å². The van der Waals surface area contributed by atoms with Crippen LogP contribution in [0.3, 0.4) is 0 Å². The Hall–Kier alpha value is -3.61. The monoisotopic (exact) mass is 696 g/mol. The molecule has 4 N–H and O–H groups in total.